The number of aliphatic imine (C=N–C) groups is 1. The zero-order valence-electron chi connectivity index (χ0n) is 12.2. The smallest absolute Gasteiger partial charge is 0.311 e. The van der Waals surface area contributed by atoms with Crippen molar-refractivity contribution in [2.24, 2.45) is 4.99 Å². The minimum atomic E-state index is -0.601. The molecule has 1 aliphatic rings. The van der Waals surface area contributed by atoms with Crippen LogP contribution in [0.15, 0.2) is 47.5 Å². The second kappa shape index (κ2) is 6.43. The number of nitro benzene ring substituents is 1. The molecule has 0 fully saturated rings. The van der Waals surface area contributed by atoms with E-state index in [1.807, 2.05) is 0 Å². The molecule has 23 heavy (non-hydrogen) atoms. The highest BCUT2D eigenvalue weighted by Gasteiger charge is 2.17. The summed E-state index contributed by atoms with van der Waals surface area (Å²) in [5.74, 6) is -0.0279. The number of halogens is 1. The molecule has 1 heterocycles. The largest absolute Gasteiger partial charge is 0.447 e. The van der Waals surface area contributed by atoms with Crippen molar-refractivity contribution in [1.29, 1.82) is 0 Å². The molecule has 2 aromatic carbocycles. The summed E-state index contributed by atoms with van der Waals surface area (Å²) in [4.78, 5) is 14.7. The summed E-state index contributed by atoms with van der Waals surface area (Å²) >= 11 is 0. The summed E-state index contributed by atoms with van der Waals surface area (Å²) in [6.07, 6.45) is 0.949. The Morgan fingerprint density at radius 3 is 2.74 bits per heavy atom. The zero-order chi connectivity index (χ0) is 16.2. The van der Waals surface area contributed by atoms with Crippen LogP contribution in [0.1, 0.15) is 12.0 Å². The summed E-state index contributed by atoms with van der Waals surface area (Å²) in [6.45, 7) is 1.51. The third kappa shape index (κ3) is 3.28. The van der Waals surface area contributed by atoms with Crippen LogP contribution < -0.4 is 10.1 Å². The van der Waals surface area contributed by atoms with E-state index in [0.29, 0.717) is 17.9 Å². The fraction of sp³-hybridized carbons (Fsp3) is 0.188. The van der Waals surface area contributed by atoms with Gasteiger partial charge in [0.05, 0.1) is 4.92 Å². The Labute approximate surface area is 131 Å². The third-order valence-electron chi connectivity index (χ3n) is 3.38. The molecule has 0 radical (unpaired) electrons. The van der Waals surface area contributed by atoms with Gasteiger partial charge < -0.3 is 10.1 Å². The summed E-state index contributed by atoms with van der Waals surface area (Å²) in [7, 11) is 0. The van der Waals surface area contributed by atoms with Gasteiger partial charge in [-0.15, -0.1) is 0 Å². The first-order valence-corrected chi connectivity index (χ1v) is 7.14. The van der Waals surface area contributed by atoms with E-state index in [1.54, 1.807) is 12.1 Å². The first-order valence-electron chi connectivity index (χ1n) is 7.14. The van der Waals surface area contributed by atoms with E-state index in [2.05, 4.69) is 10.3 Å². The van der Waals surface area contributed by atoms with E-state index in [1.165, 1.54) is 30.3 Å². The predicted octanol–water partition coefficient (Wildman–Crippen LogP) is 3.27. The van der Waals surface area contributed by atoms with Crippen molar-refractivity contribution >= 4 is 11.5 Å². The van der Waals surface area contributed by atoms with E-state index in [9.17, 15) is 14.5 Å². The van der Waals surface area contributed by atoms with E-state index >= 15 is 0 Å². The molecular weight excluding hydrogens is 301 g/mol. The van der Waals surface area contributed by atoms with Gasteiger partial charge in [-0.05, 0) is 30.7 Å². The number of nitrogens with zero attached hydrogens (tertiary/aromatic N) is 2. The minimum absolute atomic E-state index is 0.00252. The number of para-hydroxylation sites is 2. The number of benzene rings is 2. The fourth-order valence-electron chi connectivity index (χ4n) is 2.27. The highest BCUT2D eigenvalue weighted by molar-refractivity contribution is 5.99. The molecule has 0 amide bonds. The molecule has 1 aliphatic heterocycles. The number of ether oxygens (including phenoxy) is 1. The first-order chi connectivity index (χ1) is 11.1. The highest BCUT2D eigenvalue weighted by Crippen LogP contribution is 2.32. The molecule has 0 unspecified atom stereocenters. The van der Waals surface area contributed by atoms with Gasteiger partial charge in [-0.2, -0.15) is 0 Å². The molecule has 0 bridgehead atoms. The highest BCUT2D eigenvalue weighted by atomic mass is 19.1. The molecule has 0 aromatic heterocycles. The number of nitro groups is 1. The van der Waals surface area contributed by atoms with Crippen LogP contribution in [0.25, 0.3) is 0 Å². The number of nitrogens with one attached hydrogen (secondary N) is 1. The molecular formula is C16H14FN3O3. The minimum Gasteiger partial charge on any atom is -0.447 e. The molecule has 0 saturated carbocycles. The Morgan fingerprint density at radius 1 is 1.22 bits per heavy atom. The van der Waals surface area contributed by atoms with Gasteiger partial charge in [0, 0.05) is 24.7 Å². The van der Waals surface area contributed by atoms with Crippen molar-refractivity contribution in [3.63, 3.8) is 0 Å². The molecule has 0 spiro atoms. The monoisotopic (exact) mass is 315 g/mol. The molecule has 1 N–H and O–H groups in total. The van der Waals surface area contributed by atoms with Gasteiger partial charge in [0.2, 0.25) is 5.75 Å². The summed E-state index contributed by atoms with van der Waals surface area (Å²) in [6, 6.07) is 10.3. The van der Waals surface area contributed by atoms with Crippen molar-refractivity contribution in [3.8, 4) is 11.5 Å². The van der Waals surface area contributed by atoms with E-state index in [4.69, 9.17) is 4.74 Å². The molecule has 6 nitrogen and oxygen atoms in total. The van der Waals surface area contributed by atoms with Crippen molar-refractivity contribution in [2.45, 2.75) is 6.42 Å². The van der Waals surface area contributed by atoms with Gasteiger partial charge in [0.15, 0.2) is 11.6 Å². The maximum atomic E-state index is 14.2. The van der Waals surface area contributed by atoms with Crippen LogP contribution in [0.5, 0.6) is 11.5 Å². The standard InChI is InChI=1S/C16H14FN3O3/c17-12-10-11(16-18-8-3-9-19-16)6-7-14(12)23-15-5-2-1-4-13(15)20(21)22/h1-2,4-7,10H,3,8-9H2,(H,18,19). The lowest BCUT2D eigenvalue weighted by Crippen LogP contribution is -2.30. The molecule has 118 valence electrons. The molecule has 0 atom stereocenters. The first kappa shape index (κ1) is 15.0. The summed E-state index contributed by atoms with van der Waals surface area (Å²) in [5.41, 5.74) is 0.409. The Bertz CT molecular complexity index is 777. The van der Waals surface area contributed by atoms with Crippen LogP contribution in [-0.2, 0) is 0 Å². The fourth-order valence-corrected chi connectivity index (χ4v) is 2.27. The molecule has 3 rings (SSSR count). The lowest BCUT2D eigenvalue weighted by molar-refractivity contribution is -0.385. The average molecular weight is 315 g/mol. The van der Waals surface area contributed by atoms with Crippen LogP contribution in [0.2, 0.25) is 0 Å². The lowest BCUT2D eigenvalue weighted by atomic mass is 10.1. The average Bonchev–Trinajstić information content (AvgIpc) is 2.58. The van der Waals surface area contributed by atoms with Crippen LogP contribution in [0.3, 0.4) is 0 Å². The van der Waals surface area contributed by atoms with Gasteiger partial charge in [-0.3, -0.25) is 15.1 Å². The van der Waals surface area contributed by atoms with Crippen LogP contribution >= 0.6 is 0 Å². The van der Waals surface area contributed by atoms with Crippen LogP contribution in [0.4, 0.5) is 10.1 Å². The van der Waals surface area contributed by atoms with E-state index in [0.717, 1.165) is 13.0 Å². The van der Waals surface area contributed by atoms with Gasteiger partial charge in [-0.1, -0.05) is 12.1 Å². The number of rotatable bonds is 4. The number of hydrogen-bond donors (Lipinski definition) is 1. The van der Waals surface area contributed by atoms with Crippen molar-refractivity contribution in [1.82, 2.24) is 5.32 Å². The molecule has 7 heteroatoms. The number of hydrogen-bond acceptors (Lipinski definition) is 5. The lowest BCUT2D eigenvalue weighted by Gasteiger charge is -2.15. The Morgan fingerprint density at radius 2 is 2.04 bits per heavy atom. The van der Waals surface area contributed by atoms with Crippen molar-refractivity contribution < 1.29 is 14.1 Å². The molecule has 2 aromatic rings. The Hall–Kier alpha value is -2.96. The maximum absolute atomic E-state index is 14.2. The summed E-state index contributed by atoms with van der Waals surface area (Å²) < 4.78 is 19.6. The zero-order valence-corrected chi connectivity index (χ0v) is 12.2. The summed E-state index contributed by atoms with van der Waals surface area (Å²) in [5, 5.41) is 14.1. The predicted molar refractivity (Wildman–Crippen MR) is 83.6 cm³/mol. The Kier molecular flexibility index (Phi) is 4.18. The van der Waals surface area contributed by atoms with Crippen LogP contribution in [-0.4, -0.2) is 23.8 Å². The number of amidine groups is 1. The van der Waals surface area contributed by atoms with Gasteiger partial charge in [0.25, 0.3) is 0 Å². The van der Waals surface area contributed by atoms with Crippen LogP contribution in [0, 0.1) is 15.9 Å². The molecule has 0 aliphatic carbocycles. The topological polar surface area (TPSA) is 76.8 Å². The second-order valence-corrected chi connectivity index (χ2v) is 4.98. The second-order valence-electron chi connectivity index (χ2n) is 4.98. The normalized spacial score (nSPS) is 13.9. The maximum Gasteiger partial charge on any atom is 0.311 e. The van der Waals surface area contributed by atoms with Gasteiger partial charge >= 0.3 is 5.69 Å². The van der Waals surface area contributed by atoms with Crippen molar-refractivity contribution in [3.05, 3.63) is 64.0 Å². The van der Waals surface area contributed by atoms with Crippen molar-refractivity contribution in [2.75, 3.05) is 13.1 Å². The molecule has 0 saturated heterocycles. The van der Waals surface area contributed by atoms with Gasteiger partial charge in [0.1, 0.15) is 5.84 Å². The van der Waals surface area contributed by atoms with E-state index in [-0.39, 0.29) is 17.2 Å². The Balaban J connectivity index is 1.87. The third-order valence-corrected chi connectivity index (χ3v) is 3.38. The SMILES string of the molecule is O=[N+]([O-])c1ccccc1Oc1ccc(C2=NCCCN2)cc1F. The quantitative estimate of drug-likeness (QED) is 0.694. The van der Waals surface area contributed by atoms with Gasteiger partial charge in [-0.25, -0.2) is 4.39 Å². The van der Waals surface area contributed by atoms with E-state index < -0.39 is 10.7 Å².